The summed E-state index contributed by atoms with van der Waals surface area (Å²) in [6.45, 7) is 25.0. The first-order valence-corrected chi connectivity index (χ1v) is 17.5. The number of rotatable bonds is 5. The monoisotopic (exact) mass is 630 g/mol. The highest BCUT2D eigenvalue weighted by molar-refractivity contribution is 6.09. The van der Waals surface area contributed by atoms with Crippen LogP contribution >= 0.6 is 0 Å². The van der Waals surface area contributed by atoms with Crippen LogP contribution in [0, 0.1) is 22.2 Å². The highest BCUT2D eigenvalue weighted by Gasteiger charge is 2.18. The fourth-order valence-corrected chi connectivity index (χ4v) is 6.99. The van der Waals surface area contributed by atoms with Gasteiger partial charge in [-0.05, 0) is 95.4 Å². The van der Waals surface area contributed by atoms with E-state index in [1.54, 1.807) is 0 Å². The van der Waals surface area contributed by atoms with Crippen molar-refractivity contribution in [2.24, 2.45) is 36.3 Å². The third-order valence-corrected chi connectivity index (χ3v) is 8.83. The van der Waals surface area contributed by atoms with Gasteiger partial charge in [-0.2, -0.15) is 0 Å². The minimum Gasteiger partial charge on any atom is -0.344 e. The first-order chi connectivity index (χ1) is 21.8. The molecule has 0 saturated heterocycles. The normalized spacial score (nSPS) is 12.9. The maximum Gasteiger partial charge on any atom is 0.0675 e. The van der Waals surface area contributed by atoms with Crippen LogP contribution in [0.4, 0.5) is 0 Å². The van der Waals surface area contributed by atoms with E-state index in [9.17, 15) is 0 Å². The van der Waals surface area contributed by atoms with E-state index >= 15 is 0 Å². The Morgan fingerprint density at radius 1 is 0.511 bits per heavy atom. The van der Waals surface area contributed by atoms with Crippen molar-refractivity contribution in [2.75, 3.05) is 0 Å². The second-order valence-corrected chi connectivity index (χ2v) is 18.0. The van der Waals surface area contributed by atoms with Crippen LogP contribution in [0.5, 0.6) is 0 Å². The molecule has 0 aliphatic rings. The third-order valence-electron chi connectivity index (χ3n) is 8.83. The Bertz CT molecular complexity index is 1960. The molecule has 0 unspecified atom stereocenters. The fraction of sp³-hybridized carbons (Fsp3) is 0.488. The highest BCUT2D eigenvalue weighted by Crippen LogP contribution is 2.33. The predicted molar refractivity (Wildman–Crippen MR) is 204 cm³/mol. The smallest absolute Gasteiger partial charge is 0.0675 e. The zero-order valence-corrected chi connectivity index (χ0v) is 31.5. The van der Waals surface area contributed by atoms with E-state index in [1.165, 1.54) is 54.7 Å². The molecule has 0 spiro atoms. The third kappa shape index (κ3) is 8.26. The van der Waals surface area contributed by atoms with Gasteiger partial charge in [0, 0.05) is 58.1 Å². The van der Waals surface area contributed by atoms with Gasteiger partial charge in [-0.1, -0.05) is 88.3 Å². The summed E-state index contributed by atoms with van der Waals surface area (Å²) in [4.78, 5) is 9.38. The van der Waals surface area contributed by atoms with E-state index in [1.807, 2.05) is 12.4 Å². The van der Waals surface area contributed by atoms with Gasteiger partial charge in [0.1, 0.15) is 0 Å². The Balaban J connectivity index is 0.000000185. The highest BCUT2D eigenvalue weighted by atomic mass is 15.0. The number of aromatic nitrogens is 4. The molecule has 4 aromatic heterocycles. The van der Waals surface area contributed by atoms with Crippen LogP contribution < -0.4 is 0 Å². The molecule has 0 atom stereocenters. The standard InChI is InChI=1S/C22H29N.C21H29N3/c1-15(2)11-16-7-9-20-18(12-16)19-13-17(14-22(3,4)5)8-10-21(19)23(20)6;1-20(2,3)10-14-8-16-17-9-15(11-21(4,5)6)23-13-19(17)24(7)18(16)12-22-14/h7-10,12-13,15H,11,14H2,1-6H3;8-9,12-13H,10-11H2,1-7H3. The molecule has 0 aliphatic heterocycles. The van der Waals surface area contributed by atoms with Crippen molar-refractivity contribution in [3.8, 4) is 0 Å². The summed E-state index contributed by atoms with van der Waals surface area (Å²) in [7, 11) is 4.27. The zero-order chi connectivity index (χ0) is 34.5. The molecule has 2 aromatic carbocycles. The maximum atomic E-state index is 4.69. The Morgan fingerprint density at radius 2 is 0.894 bits per heavy atom. The van der Waals surface area contributed by atoms with Crippen molar-refractivity contribution in [3.63, 3.8) is 0 Å². The van der Waals surface area contributed by atoms with Crippen LogP contribution in [0.15, 0.2) is 60.9 Å². The molecule has 0 radical (unpaired) electrons. The average molecular weight is 631 g/mol. The first kappa shape index (κ1) is 34.7. The molecule has 0 aliphatic carbocycles. The zero-order valence-electron chi connectivity index (χ0n) is 31.5. The second-order valence-electron chi connectivity index (χ2n) is 18.0. The summed E-state index contributed by atoms with van der Waals surface area (Å²) in [5.74, 6) is 0.693. The molecule has 4 heterocycles. The number of aryl methyl sites for hydroxylation is 2. The minimum absolute atomic E-state index is 0.240. The Kier molecular flexibility index (Phi) is 9.40. The molecule has 0 saturated carbocycles. The van der Waals surface area contributed by atoms with Crippen LogP contribution in [-0.4, -0.2) is 19.1 Å². The Hall–Kier alpha value is -3.66. The largest absolute Gasteiger partial charge is 0.344 e. The van der Waals surface area contributed by atoms with Crippen LogP contribution in [0.3, 0.4) is 0 Å². The van der Waals surface area contributed by atoms with Crippen molar-refractivity contribution in [3.05, 3.63) is 83.4 Å². The fourth-order valence-electron chi connectivity index (χ4n) is 6.99. The van der Waals surface area contributed by atoms with E-state index in [-0.39, 0.29) is 10.8 Å². The minimum atomic E-state index is 0.240. The summed E-state index contributed by atoms with van der Waals surface area (Å²) in [6.07, 6.45) is 8.26. The predicted octanol–water partition coefficient (Wildman–Crippen LogP) is 11.4. The second kappa shape index (κ2) is 12.7. The van der Waals surface area contributed by atoms with Gasteiger partial charge in [-0.15, -0.1) is 0 Å². The van der Waals surface area contributed by atoms with Crippen molar-refractivity contribution in [1.82, 2.24) is 19.1 Å². The number of nitrogens with zero attached hydrogens (tertiary/aromatic N) is 4. The van der Waals surface area contributed by atoms with Gasteiger partial charge in [0.2, 0.25) is 0 Å². The maximum absolute atomic E-state index is 4.69. The molecule has 47 heavy (non-hydrogen) atoms. The molecule has 0 amide bonds. The van der Waals surface area contributed by atoms with Gasteiger partial charge < -0.3 is 9.13 Å². The van der Waals surface area contributed by atoms with Gasteiger partial charge in [0.25, 0.3) is 0 Å². The molecule has 0 fully saturated rings. The van der Waals surface area contributed by atoms with Gasteiger partial charge in [0.15, 0.2) is 0 Å². The van der Waals surface area contributed by atoms with Crippen LogP contribution in [0.2, 0.25) is 0 Å². The number of pyridine rings is 2. The van der Waals surface area contributed by atoms with Gasteiger partial charge in [-0.3, -0.25) is 9.97 Å². The van der Waals surface area contributed by atoms with Crippen LogP contribution in [-0.2, 0) is 39.8 Å². The molecule has 6 rings (SSSR count). The quantitative estimate of drug-likeness (QED) is 0.190. The molecular formula is C43H58N4. The van der Waals surface area contributed by atoms with Gasteiger partial charge >= 0.3 is 0 Å². The Morgan fingerprint density at radius 3 is 1.32 bits per heavy atom. The van der Waals surface area contributed by atoms with Gasteiger partial charge in [-0.25, -0.2) is 0 Å². The summed E-state index contributed by atoms with van der Waals surface area (Å²) in [5.41, 5.74) is 11.0. The topological polar surface area (TPSA) is 35.6 Å². The molecule has 0 bridgehead atoms. The van der Waals surface area contributed by atoms with Crippen LogP contribution in [0.25, 0.3) is 43.6 Å². The lowest BCUT2D eigenvalue weighted by Crippen LogP contribution is -2.10. The van der Waals surface area contributed by atoms with Crippen LogP contribution in [0.1, 0.15) is 98.7 Å². The first-order valence-electron chi connectivity index (χ1n) is 17.5. The summed E-state index contributed by atoms with van der Waals surface area (Å²) in [5, 5.41) is 5.38. The number of hydrogen-bond acceptors (Lipinski definition) is 2. The number of benzene rings is 2. The van der Waals surface area contributed by atoms with E-state index < -0.39 is 0 Å². The molecule has 4 heteroatoms. The lowest BCUT2D eigenvalue weighted by Gasteiger charge is -2.18. The molecule has 4 nitrogen and oxygen atoms in total. The van der Waals surface area contributed by atoms with E-state index in [0.29, 0.717) is 11.3 Å². The van der Waals surface area contributed by atoms with Crippen molar-refractivity contribution >= 4 is 43.6 Å². The lowest BCUT2D eigenvalue weighted by atomic mass is 9.88. The summed E-state index contributed by atoms with van der Waals surface area (Å²) >= 11 is 0. The SMILES string of the molecule is CC(C)Cc1ccc2c(c1)c1cc(CC(C)(C)C)ccc1n2C.Cn1c2cnc(CC(C)(C)C)cc2c2cc(CC(C)(C)C)ncc21. The number of fused-ring (bicyclic) bond motifs is 6. The Labute approximate surface area is 283 Å². The van der Waals surface area contributed by atoms with Crippen molar-refractivity contribution < 1.29 is 0 Å². The summed E-state index contributed by atoms with van der Waals surface area (Å²) in [6, 6.07) is 18.5. The molecule has 250 valence electrons. The van der Waals surface area contributed by atoms with E-state index in [4.69, 9.17) is 0 Å². The average Bonchev–Trinajstić information content (AvgIpc) is 3.36. The molecular weight excluding hydrogens is 573 g/mol. The summed E-state index contributed by atoms with van der Waals surface area (Å²) < 4.78 is 4.52. The van der Waals surface area contributed by atoms with E-state index in [2.05, 4.69) is 158 Å². The number of hydrogen-bond donors (Lipinski definition) is 0. The van der Waals surface area contributed by atoms with Crippen molar-refractivity contribution in [1.29, 1.82) is 0 Å². The molecule has 0 N–H and O–H groups in total. The van der Waals surface area contributed by atoms with Crippen molar-refractivity contribution in [2.45, 2.75) is 102 Å². The van der Waals surface area contributed by atoms with Gasteiger partial charge in [0.05, 0.1) is 23.4 Å². The lowest BCUT2D eigenvalue weighted by molar-refractivity contribution is 0.406. The molecule has 6 aromatic rings. The van der Waals surface area contributed by atoms with E-state index in [0.717, 1.165) is 37.1 Å².